The Morgan fingerprint density at radius 1 is 1.20 bits per heavy atom. The Morgan fingerprint density at radius 3 is 2.45 bits per heavy atom. The second-order valence-corrected chi connectivity index (χ2v) is 6.24. The van der Waals surface area contributed by atoms with Crippen molar-refractivity contribution in [2.75, 3.05) is 0 Å². The van der Waals surface area contributed by atoms with E-state index >= 15 is 0 Å². The summed E-state index contributed by atoms with van der Waals surface area (Å²) in [5.41, 5.74) is 6.74. The van der Waals surface area contributed by atoms with Gasteiger partial charge in [-0.3, -0.25) is 4.98 Å². The minimum Gasteiger partial charge on any atom is -0.389 e. The molecule has 0 aliphatic heterocycles. The van der Waals surface area contributed by atoms with Crippen LogP contribution in [0.3, 0.4) is 0 Å². The van der Waals surface area contributed by atoms with E-state index < -0.39 is 10.0 Å². The first-order chi connectivity index (χ1) is 9.49. The normalized spacial score (nSPS) is 11.2. The van der Waals surface area contributed by atoms with Crippen molar-refractivity contribution in [2.24, 2.45) is 5.73 Å². The third-order valence-electron chi connectivity index (χ3n) is 2.62. The molecule has 2 aromatic rings. The van der Waals surface area contributed by atoms with E-state index in [0.29, 0.717) is 11.3 Å². The summed E-state index contributed by atoms with van der Waals surface area (Å²) in [6, 6.07) is 11.4. The number of hydrogen-bond acceptors (Lipinski definition) is 4. The maximum Gasteiger partial charge on any atom is 0.240 e. The van der Waals surface area contributed by atoms with E-state index in [-0.39, 0.29) is 16.4 Å². The molecule has 3 N–H and O–H groups in total. The van der Waals surface area contributed by atoms with Crippen LogP contribution in [0.4, 0.5) is 0 Å². The summed E-state index contributed by atoms with van der Waals surface area (Å²) in [6.07, 6.45) is 1.61. The van der Waals surface area contributed by atoms with Crippen molar-refractivity contribution in [3.8, 4) is 0 Å². The molecule has 1 aromatic carbocycles. The van der Waals surface area contributed by atoms with Crippen LogP contribution in [0.15, 0.2) is 53.6 Å². The number of thiocarbonyl (C=S) groups is 1. The molecule has 5 nitrogen and oxygen atoms in total. The molecule has 0 saturated carbocycles. The van der Waals surface area contributed by atoms with Crippen molar-refractivity contribution in [3.05, 3.63) is 59.9 Å². The first-order valence-corrected chi connectivity index (χ1v) is 7.67. The fraction of sp³-hybridized carbons (Fsp3) is 0.0769. The zero-order valence-corrected chi connectivity index (χ0v) is 12.1. The van der Waals surface area contributed by atoms with Crippen LogP contribution in [0, 0.1) is 0 Å². The summed E-state index contributed by atoms with van der Waals surface area (Å²) >= 11 is 4.82. The summed E-state index contributed by atoms with van der Waals surface area (Å²) in [7, 11) is -3.58. The molecule has 0 fully saturated rings. The maximum atomic E-state index is 12.1. The van der Waals surface area contributed by atoms with Crippen LogP contribution in [0.1, 0.15) is 11.3 Å². The van der Waals surface area contributed by atoms with Gasteiger partial charge in [0.25, 0.3) is 0 Å². The molecule has 0 bridgehead atoms. The van der Waals surface area contributed by atoms with Gasteiger partial charge in [-0.2, -0.15) is 0 Å². The Morgan fingerprint density at radius 2 is 1.90 bits per heavy atom. The predicted molar refractivity (Wildman–Crippen MR) is 80.6 cm³/mol. The maximum absolute atomic E-state index is 12.1. The van der Waals surface area contributed by atoms with Crippen LogP contribution in [0.5, 0.6) is 0 Å². The molecule has 0 aliphatic rings. The second-order valence-electron chi connectivity index (χ2n) is 4.03. The lowest BCUT2D eigenvalue weighted by atomic mass is 10.2. The average molecular weight is 307 g/mol. The fourth-order valence-corrected chi connectivity index (χ4v) is 2.69. The number of hydrogen-bond donors (Lipinski definition) is 2. The molecule has 0 unspecified atom stereocenters. The highest BCUT2D eigenvalue weighted by Gasteiger charge is 2.13. The number of aromatic nitrogens is 1. The van der Waals surface area contributed by atoms with Crippen LogP contribution in [-0.2, 0) is 16.6 Å². The summed E-state index contributed by atoms with van der Waals surface area (Å²) in [5.74, 6) is 0. The average Bonchev–Trinajstić information content (AvgIpc) is 2.46. The van der Waals surface area contributed by atoms with Crippen molar-refractivity contribution in [3.63, 3.8) is 0 Å². The molecule has 1 aromatic heterocycles. The Hall–Kier alpha value is -1.83. The molecule has 0 saturated heterocycles. The van der Waals surface area contributed by atoms with Gasteiger partial charge >= 0.3 is 0 Å². The number of nitrogens with one attached hydrogen (secondary N) is 1. The van der Waals surface area contributed by atoms with Crippen LogP contribution in [0.25, 0.3) is 0 Å². The standard InChI is InChI=1S/C13H13N3O2S2/c14-13(19)10-4-6-12(7-5-10)20(17,18)16-9-11-3-1-2-8-15-11/h1-8,16H,9H2,(H2,14,19). The van der Waals surface area contributed by atoms with Gasteiger partial charge in [-0.1, -0.05) is 30.4 Å². The quantitative estimate of drug-likeness (QED) is 0.811. The van der Waals surface area contributed by atoms with Crippen LogP contribution < -0.4 is 10.5 Å². The molecule has 0 spiro atoms. The van der Waals surface area contributed by atoms with Gasteiger partial charge in [0.1, 0.15) is 4.99 Å². The third kappa shape index (κ3) is 3.60. The number of nitrogens with zero attached hydrogens (tertiary/aromatic N) is 1. The molecular formula is C13H13N3O2S2. The third-order valence-corrected chi connectivity index (χ3v) is 4.27. The highest BCUT2D eigenvalue weighted by atomic mass is 32.2. The molecule has 7 heteroatoms. The molecule has 104 valence electrons. The fourth-order valence-electron chi connectivity index (χ4n) is 1.55. The van der Waals surface area contributed by atoms with Crippen molar-refractivity contribution in [1.29, 1.82) is 0 Å². The predicted octanol–water partition coefficient (Wildman–Crippen LogP) is 1.19. The highest BCUT2D eigenvalue weighted by Crippen LogP contribution is 2.11. The molecule has 20 heavy (non-hydrogen) atoms. The minimum absolute atomic E-state index is 0.139. The van der Waals surface area contributed by atoms with Gasteiger partial charge in [0.15, 0.2) is 0 Å². The Bertz CT molecular complexity index is 698. The van der Waals surface area contributed by atoms with E-state index in [9.17, 15) is 8.42 Å². The second kappa shape index (κ2) is 6.08. The van der Waals surface area contributed by atoms with E-state index in [1.165, 1.54) is 12.1 Å². The van der Waals surface area contributed by atoms with Crippen molar-refractivity contribution in [1.82, 2.24) is 9.71 Å². The zero-order valence-electron chi connectivity index (χ0n) is 10.5. The van der Waals surface area contributed by atoms with E-state index in [1.54, 1.807) is 36.5 Å². The monoisotopic (exact) mass is 307 g/mol. The number of pyridine rings is 1. The van der Waals surface area contributed by atoms with E-state index in [2.05, 4.69) is 9.71 Å². The summed E-state index contributed by atoms with van der Waals surface area (Å²) < 4.78 is 26.7. The van der Waals surface area contributed by atoms with Gasteiger partial charge in [-0.15, -0.1) is 0 Å². The minimum atomic E-state index is -3.58. The molecule has 0 radical (unpaired) electrons. The van der Waals surface area contributed by atoms with Crippen molar-refractivity contribution >= 4 is 27.2 Å². The van der Waals surface area contributed by atoms with Crippen LogP contribution in [0.2, 0.25) is 0 Å². The van der Waals surface area contributed by atoms with Gasteiger partial charge in [-0.25, -0.2) is 13.1 Å². The molecule has 0 amide bonds. The largest absolute Gasteiger partial charge is 0.389 e. The highest BCUT2D eigenvalue weighted by molar-refractivity contribution is 7.89. The Kier molecular flexibility index (Phi) is 4.43. The van der Waals surface area contributed by atoms with Gasteiger partial charge in [0.2, 0.25) is 10.0 Å². The van der Waals surface area contributed by atoms with Gasteiger partial charge in [0, 0.05) is 11.8 Å². The molecule has 2 rings (SSSR count). The first kappa shape index (κ1) is 14.6. The summed E-state index contributed by atoms with van der Waals surface area (Å²) in [4.78, 5) is 4.44. The zero-order chi connectivity index (χ0) is 14.6. The number of sulfonamides is 1. The van der Waals surface area contributed by atoms with Crippen molar-refractivity contribution in [2.45, 2.75) is 11.4 Å². The van der Waals surface area contributed by atoms with Gasteiger partial charge in [-0.05, 0) is 24.3 Å². The molecule has 1 heterocycles. The number of rotatable bonds is 5. The van der Waals surface area contributed by atoms with Gasteiger partial charge < -0.3 is 5.73 Å². The Labute approximate surface area is 122 Å². The smallest absolute Gasteiger partial charge is 0.240 e. The lowest BCUT2D eigenvalue weighted by molar-refractivity contribution is 0.580. The first-order valence-electron chi connectivity index (χ1n) is 5.78. The van der Waals surface area contributed by atoms with Gasteiger partial charge in [0.05, 0.1) is 17.1 Å². The number of benzene rings is 1. The Balaban J connectivity index is 2.12. The molecular weight excluding hydrogens is 294 g/mol. The van der Waals surface area contributed by atoms with Crippen LogP contribution in [-0.4, -0.2) is 18.4 Å². The molecule has 0 atom stereocenters. The van der Waals surface area contributed by atoms with E-state index in [4.69, 9.17) is 18.0 Å². The summed E-state index contributed by atoms with van der Waals surface area (Å²) in [5, 5.41) is 0. The molecule has 0 aliphatic carbocycles. The lowest BCUT2D eigenvalue weighted by Crippen LogP contribution is -2.23. The van der Waals surface area contributed by atoms with E-state index in [0.717, 1.165) is 0 Å². The van der Waals surface area contributed by atoms with Crippen LogP contribution >= 0.6 is 12.2 Å². The summed E-state index contributed by atoms with van der Waals surface area (Å²) in [6.45, 7) is 0.139. The number of nitrogens with two attached hydrogens (primary N) is 1. The van der Waals surface area contributed by atoms with E-state index in [1.807, 2.05) is 0 Å². The topological polar surface area (TPSA) is 85.1 Å². The van der Waals surface area contributed by atoms with Crippen molar-refractivity contribution < 1.29 is 8.42 Å². The lowest BCUT2D eigenvalue weighted by Gasteiger charge is -2.07. The SMILES string of the molecule is NC(=S)c1ccc(S(=O)(=O)NCc2ccccn2)cc1.